The van der Waals surface area contributed by atoms with Crippen molar-refractivity contribution >= 4 is 11.9 Å². The molecule has 0 aliphatic carbocycles. The number of methoxy groups -OCH3 is 1. The molecule has 0 saturated heterocycles. The quantitative estimate of drug-likeness (QED) is 0.485. The lowest BCUT2D eigenvalue weighted by atomic mass is 9.89. The molecule has 2 N–H and O–H groups in total. The summed E-state index contributed by atoms with van der Waals surface area (Å²) in [5.41, 5.74) is 6.70. The van der Waals surface area contributed by atoms with Crippen LogP contribution in [0.2, 0.25) is 0 Å². The number of aryl methyl sites for hydroxylation is 1. The van der Waals surface area contributed by atoms with Gasteiger partial charge in [-0.1, -0.05) is 67.6 Å². The van der Waals surface area contributed by atoms with Gasteiger partial charge < -0.3 is 15.0 Å². The largest absolute Gasteiger partial charge is 0.467 e. The molecule has 0 radical (unpaired) electrons. The van der Waals surface area contributed by atoms with Crippen LogP contribution in [0.1, 0.15) is 52.9 Å². The highest BCUT2D eigenvalue weighted by Gasteiger charge is 2.27. The van der Waals surface area contributed by atoms with Crippen molar-refractivity contribution in [1.82, 2.24) is 10.3 Å². The highest BCUT2D eigenvalue weighted by molar-refractivity contribution is 5.85. The second kappa shape index (κ2) is 10.8. The molecule has 5 nitrogen and oxygen atoms in total. The topological polar surface area (TPSA) is 71.2 Å². The lowest BCUT2D eigenvalue weighted by molar-refractivity contribution is -0.145. The van der Waals surface area contributed by atoms with E-state index in [1.54, 1.807) is 0 Å². The van der Waals surface area contributed by atoms with Gasteiger partial charge in [0.1, 0.15) is 6.04 Å². The molecule has 3 rings (SSSR count). The Hall–Kier alpha value is -3.34. The van der Waals surface area contributed by atoms with Gasteiger partial charge in [-0.05, 0) is 42.5 Å². The highest BCUT2D eigenvalue weighted by atomic mass is 16.5. The zero-order valence-corrected chi connectivity index (χ0v) is 19.3. The molecule has 3 aromatic rings. The third-order valence-electron chi connectivity index (χ3n) is 6.03. The number of benzene rings is 2. The molecule has 2 atom stereocenters. The lowest BCUT2D eigenvalue weighted by Crippen LogP contribution is -2.43. The first-order chi connectivity index (χ1) is 15.4. The summed E-state index contributed by atoms with van der Waals surface area (Å²) in [7, 11) is 1.34. The number of hydrogen-bond donors (Lipinski definition) is 2. The fourth-order valence-electron chi connectivity index (χ4n) is 4.39. The molecule has 0 aliphatic heterocycles. The summed E-state index contributed by atoms with van der Waals surface area (Å²) in [4.78, 5) is 29.1. The van der Waals surface area contributed by atoms with Gasteiger partial charge in [-0.15, -0.1) is 0 Å². The van der Waals surface area contributed by atoms with Gasteiger partial charge in [-0.25, -0.2) is 4.79 Å². The second-order valence-electron chi connectivity index (χ2n) is 8.12. The van der Waals surface area contributed by atoms with E-state index in [-0.39, 0.29) is 18.2 Å². The smallest absolute Gasteiger partial charge is 0.328 e. The lowest BCUT2D eigenvalue weighted by Gasteiger charge is -2.21. The Morgan fingerprint density at radius 1 is 1.00 bits per heavy atom. The van der Waals surface area contributed by atoms with E-state index in [2.05, 4.69) is 31.1 Å². The summed E-state index contributed by atoms with van der Waals surface area (Å²) >= 11 is 0. The first-order valence-corrected chi connectivity index (χ1v) is 11.1. The van der Waals surface area contributed by atoms with Crippen molar-refractivity contribution in [3.8, 4) is 0 Å². The number of esters is 1. The van der Waals surface area contributed by atoms with E-state index in [4.69, 9.17) is 4.74 Å². The number of amides is 1. The average molecular weight is 433 g/mol. The molecule has 0 aliphatic rings. The molecule has 1 unspecified atom stereocenters. The van der Waals surface area contributed by atoms with Crippen LogP contribution in [0.5, 0.6) is 0 Å². The zero-order chi connectivity index (χ0) is 23.1. The van der Waals surface area contributed by atoms with Gasteiger partial charge in [-0.3, -0.25) is 4.79 Å². The van der Waals surface area contributed by atoms with Crippen molar-refractivity contribution in [2.45, 2.75) is 52.0 Å². The molecule has 32 heavy (non-hydrogen) atoms. The van der Waals surface area contributed by atoms with Crippen LogP contribution in [0.3, 0.4) is 0 Å². The van der Waals surface area contributed by atoms with E-state index in [0.29, 0.717) is 6.42 Å². The minimum Gasteiger partial charge on any atom is -0.467 e. The van der Waals surface area contributed by atoms with Crippen molar-refractivity contribution in [1.29, 1.82) is 0 Å². The number of carbonyl (C=O) groups is 2. The van der Waals surface area contributed by atoms with Crippen molar-refractivity contribution in [3.05, 3.63) is 94.3 Å². The number of carbonyl (C=O) groups excluding carboxylic acids is 2. The average Bonchev–Trinajstić information content (AvgIpc) is 3.10. The fourth-order valence-corrected chi connectivity index (χ4v) is 4.39. The van der Waals surface area contributed by atoms with Gasteiger partial charge in [0.25, 0.3) is 0 Å². The number of H-pyrrole nitrogens is 1. The highest BCUT2D eigenvalue weighted by Crippen LogP contribution is 2.32. The van der Waals surface area contributed by atoms with Gasteiger partial charge in [0.15, 0.2) is 0 Å². The molecule has 0 fully saturated rings. The van der Waals surface area contributed by atoms with Crippen LogP contribution in [-0.2, 0) is 27.2 Å². The van der Waals surface area contributed by atoms with Crippen LogP contribution in [0.25, 0.3) is 0 Å². The van der Waals surface area contributed by atoms with E-state index in [1.807, 2.05) is 60.7 Å². The van der Waals surface area contributed by atoms with Crippen LogP contribution < -0.4 is 5.32 Å². The predicted molar refractivity (Wildman–Crippen MR) is 127 cm³/mol. The Bertz CT molecular complexity index is 1040. The zero-order valence-electron chi connectivity index (χ0n) is 19.3. The van der Waals surface area contributed by atoms with Crippen molar-refractivity contribution < 1.29 is 14.3 Å². The molecule has 1 heterocycles. The maximum absolute atomic E-state index is 13.2. The number of rotatable bonds is 9. The molecule has 1 amide bonds. The van der Waals surface area contributed by atoms with Crippen LogP contribution >= 0.6 is 0 Å². The summed E-state index contributed by atoms with van der Waals surface area (Å²) < 4.78 is 4.95. The third-order valence-corrected chi connectivity index (χ3v) is 6.03. The number of hydrogen-bond acceptors (Lipinski definition) is 3. The van der Waals surface area contributed by atoms with Crippen LogP contribution in [0.4, 0.5) is 0 Å². The van der Waals surface area contributed by atoms with Gasteiger partial charge >= 0.3 is 5.97 Å². The summed E-state index contributed by atoms with van der Waals surface area (Å²) in [5.74, 6) is -0.765. The Morgan fingerprint density at radius 3 is 2.19 bits per heavy atom. The van der Waals surface area contributed by atoms with E-state index in [1.165, 1.54) is 18.2 Å². The first-order valence-electron chi connectivity index (χ1n) is 11.1. The summed E-state index contributed by atoms with van der Waals surface area (Å²) in [6.45, 7) is 6.32. The number of aromatic amines is 1. The third kappa shape index (κ3) is 5.47. The predicted octanol–water partition coefficient (Wildman–Crippen LogP) is 4.62. The van der Waals surface area contributed by atoms with Crippen LogP contribution in [0.15, 0.2) is 60.7 Å². The molecule has 5 heteroatoms. The van der Waals surface area contributed by atoms with E-state index >= 15 is 0 Å². The Balaban J connectivity index is 1.85. The number of nitrogens with one attached hydrogen (secondary N) is 2. The number of aromatic nitrogens is 1. The molecule has 168 valence electrons. The van der Waals surface area contributed by atoms with Crippen LogP contribution in [-0.4, -0.2) is 30.0 Å². The molecule has 0 saturated carbocycles. The van der Waals surface area contributed by atoms with Gasteiger partial charge in [0.05, 0.1) is 7.11 Å². The van der Waals surface area contributed by atoms with Gasteiger partial charge in [0, 0.05) is 30.1 Å². The van der Waals surface area contributed by atoms with E-state index in [0.717, 1.165) is 28.9 Å². The molecule has 1 aromatic heterocycles. The normalized spacial score (nSPS) is 12.8. The van der Waals surface area contributed by atoms with E-state index in [9.17, 15) is 9.59 Å². The second-order valence-corrected chi connectivity index (χ2v) is 8.12. The Labute approximate surface area is 190 Å². The van der Waals surface area contributed by atoms with Crippen molar-refractivity contribution in [3.63, 3.8) is 0 Å². The summed E-state index contributed by atoms with van der Waals surface area (Å²) in [6, 6.07) is 18.9. The SMILES string of the molecule is CCc1c(C)[nH]c(C(CC(=O)N[C@@H](Cc2ccccc2)C(=O)OC)c2ccccc2)c1C. The summed E-state index contributed by atoms with van der Waals surface area (Å²) in [6.07, 6.45) is 1.55. The number of ether oxygens (including phenoxy) is 1. The minimum atomic E-state index is -0.732. The summed E-state index contributed by atoms with van der Waals surface area (Å²) in [5, 5.41) is 2.91. The molecule has 0 bridgehead atoms. The Morgan fingerprint density at radius 2 is 1.62 bits per heavy atom. The Kier molecular flexibility index (Phi) is 7.87. The molecule has 0 spiro atoms. The van der Waals surface area contributed by atoms with Crippen molar-refractivity contribution in [2.24, 2.45) is 0 Å². The molecule has 2 aromatic carbocycles. The fraction of sp³-hybridized carbons (Fsp3) is 0.333. The van der Waals surface area contributed by atoms with Crippen LogP contribution in [0, 0.1) is 13.8 Å². The monoisotopic (exact) mass is 432 g/mol. The van der Waals surface area contributed by atoms with Gasteiger partial charge in [-0.2, -0.15) is 0 Å². The van der Waals surface area contributed by atoms with Gasteiger partial charge in [0.2, 0.25) is 5.91 Å². The maximum Gasteiger partial charge on any atom is 0.328 e. The minimum absolute atomic E-state index is 0.134. The van der Waals surface area contributed by atoms with E-state index < -0.39 is 12.0 Å². The molecular weight excluding hydrogens is 400 g/mol. The first kappa shape index (κ1) is 23.3. The standard InChI is InChI=1S/C27H32N2O3/c1-5-22-18(2)26(28-19(22)3)23(21-14-10-7-11-15-21)17-25(30)29-24(27(31)32-4)16-20-12-8-6-9-13-20/h6-15,23-24,28H,5,16-17H2,1-4H3,(H,29,30)/t23?,24-/m0/s1. The maximum atomic E-state index is 13.2. The van der Waals surface area contributed by atoms with Crippen molar-refractivity contribution in [2.75, 3.05) is 7.11 Å². The molecular formula is C27H32N2O3.